The highest BCUT2D eigenvalue weighted by atomic mass is 32.1. The molecule has 0 atom stereocenters. The Balaban J connectivity index is 1.82. The first-order chi connectivity index (χ1) is 11.6. The Labute approximate surface area is 147 Å². The highest BCUT2D eigenvalue weighted by Gasteiger charge is 2.11. The average molecular weight is 344 g/mol. The van der Waals surface area contributed by atoms with Crippen LogP contribution in [0.3, 0.4) is 0 Å². The summed E-state index contributed by atoms with van der Waals surface area (Å²) in [5.41, 5.74) is 1.11. The van der Waals surface area contributed by atoms with Crippen LogP contribution in [0.25, 0.3) is 0 Å². The van der Waals surface area contributed by atoms with E-state index in [0.29, 0.717) is 23.2 Å². The Bertz CT molecular complexity index is 692. The van der Waals surface area contributed by atoms with Crippen molar-refractivity contribution in [2.45, 2.75) is 6.54 Å². The lowest BCUT2D eigenvalue weighted by atomic mass is 10.2. The van der Waals surface area contributed by atoms with E-state index in [-0.39, 0.29) is 12.5 Å². The minimum Gasteiger partial charge on any atom is -0.493 e. The number of methoxy groups -OCH3 is 1. The largest absolute Gasteiger partial charge is 0.493 e. The van der Waals surface area contributed by atoms with Crippen molar-refractivity contribution in [1.29, 1.82) is 0 Å². The third kappa shape index (κ3) is 5.24. The lowest BCUT2D eigenvalue weighted by molar-refractivity contribution is -0.121. The molecule has 0 radical (unpaired) electrons. The lowest BCUT2D eigenvalue weighted by Gasteiger charge is -2.20. The minimum atomic E-state index is -0.314. The minimum absolute atomic E-state index is 0.139. The van der Waals surface area contributed by atoms with Crippen LogP contribution in [0.15, 0.2) is 54.6 Å². The Hall–Kier alpha value is -2.60. The second-order valence-electron chi connectivity index (χ2n) is 5.13. The van der Waals surface area contributed by atoms with Gasteiger partial charge in [-0.25, -0.2) is 0 Å². The van der Waals surface area contributed by atoms with Crippen LogP contribution in [-0.2, 0) is 11.3 Å². The van der Waals surface area contributed by atoms with Gasteiger partial charge in [-0.1, -0.05) is 42.5 Å². The number of nitrogens with one attached hydrogen (secondary N) is 1. The van der Waals surface area contributed by atoms with E-state index in [1.807, 2.05) is 49.5 Å². The number of nitrogens with zero attached hydrogens (tertiary/aromatic N) is 1. The van der Waals surface area contributed by atoms with Crippen LogP contribution >= 0.6 is 12.2 Å². The first-order valence-electron chi connectivity index (χ1n) is 7.45. The van der Waals surface area contributed by atoms with E-state index in [9.17, 15) is 4.79 Å². The van der Waals surface area contributed by atoms with Gasteiger partial charge in [0.25, 0.3) is 5.91 Å². The van der Waals surface area contributed by atoms with E-state index in [1.54, 1.807) is 24.1 Å². The van der Waals surface area contributed by atoms with Crippen molar-refractivity contribution in [3.63, 3.8) is 0 Å². The molecule has 2 aromatic rings. The van der Waals surface area contributed by atoms with Crippen LogP contribution in [-0.4, -0.2) is 36.7 Å². The molecule has 0 spiro atoms. The summed E-state index contributed by atoms with van der Waals surface area (Å²) >= 11 is 5.25. The van der Waals surface area contributed by atoms with Crippen LogP contribution in [0, 0.1) is 0 Å². The number of benzene rings is 2. The maximum absolute atomic E-state index is 12.0. The van der Waals surface area contributed by atoms with Gasteiger partial charge in [-0.05, 0) is 29.9 Å². The van der Waals surface area contributed by atoms with E-state index in [1.165, 1.54) is 0 Å². The van der Waals surface area contributed by atoms with E-state index >= 15 is 0 Å². The highest BCUT2D eigenvalue weighted by molar-refractivity contribution is 7.80. The molecule has 0 fully saturated rings. The zero-order valence-corrected chi connectivity index (χ0v) is 14.5. The van der Waals surface area contributed by atoms with E-state index in [4.69, 9.17) is 21.7 Å². The van der Waals surface area contributed by atoms with Gasteiger partial charge in [-0.3, -0.25) is 4.79 Å². The van der Waals surface area contributed by atoms with Gasteiger partial charge in [0.1, 0.15) is 0 Å². The standard InChI is InChI=1S/C18H20N2O3S/c1-20(12-14-8-4-3-5-9-14)18(24)19-17(21)13-23-16-11-7-6-10-15(16)22-2/h3-11H,12-13H2,1-2H3,(H,19,21,24). The molecule has 2 rings (SSSR count). The van der Waals surface area contributed by atoms with Gasteiger partial charge in [0.15, 0.2) is 23.2 Å². The molecule has 126 valence electrons. The summed E-state index contributed by atoms with van der Waals surface area (Å²) in [6, 6.07) is 17.1. The average Bonchev–Trinajstić information content (AvgIpc) is 2.61. The third-order valence-corrected chi connectivity index (χ3v) is 3.70. The summed E-state index contributed by atoms with van der Waals surface area (Å²) in [4.78, 5) is 13.8. The van der Waals surface area contributed by atoms with Gasteiger partial charge in [-0.15, -0.1) is 0 Å². The highest BCUT2D eigenvalue weighted by Crippen LogP contribution is 2.25. The van der Waals surface area contributed by atoms with Gasteiger partial charge in [0.2, 0.25) is 0 Å². The fourth-order valence-electron chi connectivity index (χ4n) is 2.06. The van der Waals surface area contributed by atoms with Crippen LogP contribution < -0.4 is 14.8 Å². The monoisotopic (exact) mass is 344 g/mol. The molecule has 0 aliphatic carbocycles. The molecule has 0 saturated carbocycles. The number of rotatable bonds is 6. The van der Waals surface area contributed by atoms with Crippen molar-refractivity contribution >= 4 is 23.2 Å². The molecule has 1 amide bonds. The molecule has 1 N–H and O–H groups in total. The summed E-state index contributed by atoms with van der Waals surface area (Å²) in [5.74, 6) is 0.776. The molecule has 0 saturated heterocycles. The van der Waals surface area contributed by atoms with Crippen LogP contribution in [0.1, 0.15) is 5.56 Å². The first kappa shape index (κ1) is 17.7. The van der Waals surface area contributed by atoms with Crippen molar-refractivity contribution in [3.05, 3.63) is 60.2 Å². The molecule has 0 unspecified atom stereocenters. The van der Waals surface area contributed by atoms with Crippen LogP contribution in [0.4, 0.5) is 0 Å². The molecule has 24 heavy (non-hydrogen) atoms. The maximum atomic E-state index is 12.0. The number of hydrogen-bond acceptors (Lipinski definition) is 4. The zero-order chi connectivity index (χ0) is 17.4. The van der Waals surface area contributed by atoms with E-state index in [2.05, 4.69) is 5.32 Å². The van der Waals surface area contributed by atoms with Crippen LogP contribution in [0.2, 0.25) is 0 Å². The third-order valence-electron chi connectivity index (χ3n) is 3.28. The Morgan fingerprint density at radius 2 is 1.71 bits per heavy atom. The number of carbonyl (C=O) groups excluding carboxylic acids is 1. The molecule has 0 aliphatic rings. The number of thiocarbonyl (C=S) groups is 1. The van der Waals surface area contributed by atoms with Gasteiger partial charge in [0.05, 0.1) is 7.11 Å². The number of ether oxygens (including phenoxy) is 2. The summed E-state index contributed by atoms with van der Waals surface area (Å²) < 4.78 is 10.6. The number of para-hydroxylation sites is 2. The summed E-state index contributed by atoms with van der Waals surface area (Å²) in [6.07, 6.45) is 0. The quantitative estimate of drug-likeness (QED) is 0.817. The zero-order valence-electron chi connectivity index (χ0n) is 13.7. The van der Waals surface area contributed by atoms with E-state index in [0.717, 1.165) is 5.56 Å². The number of carbonyl (C=O) groups is 1. The Kier molecular flexibility index (Phi) is 6.57. The summed E-state index contributed by atoms with van der Waals surface area (Å²) in [6.45, 7) is 0.479. The predicted molar refractivity (Wildman–Crippen MR) is 97.1 cm³/mol. The molecular weight excluding hydrogens is 324 g/mol. The second kappa shape index (κ2) is 8.88. The van der Waals surface area contributed by atoms with Crippen molar-refractivity contribution in [1.82, 2.24) is 10.2 Å². The molecule has 0 bridgehead atoms. The number of hydrogen-bond donors (Lipinski definition) is 1. The molecule has 2 aromatic carbocycles. The SMILES string of the molecule is COc1ccccc1OCC(=O)NC(=S)N(C)Cc1ccccc1. The topological polar surface area (TPSA) is 50.8 Å². The Morgan fingerprint density at radius 1 is 1.08 bits per heavy atom. The van der Waals surface area contributed by atoms with Crippen molar-refractivity contribution < 1.29 is 14.3 Å². The lowest BCUT2D eigenvalue weighted by Crippen LogP contribution is -2.42. The van der Waals surface area contributed by atoms with Crippen molar-refractivity contribution in [2.75, 3.05) is 20.8 Å². The fraction of sp³-hybridized carbons (Fsp3) is 0.222. The Morgan fingerprint density at radius 3 is 2.38 bits per heavy atom. The smallest absolute Gasteiger partial charge is 0.264 e. The normalized spacial score (nSPS) is 9.92. The summed E-state index contributed by atoms with van der Waals surface area (Å²) in [7, 11) is 3.38. The number of amides is 1. The van der Waals surface area contributed by atoms with E-state index < -0.39 is 0 Å². The predicted octanol–water partition coefficient (Wildman–Crippen LogP) is 2.61. The van der Waals surface area contributed by atoms with Gasteiger partial charge in [-0.2, -0.15) is 0 Å². The molecule has 6 heteroatoms. The second-order valence-corrected chi connectivity index (χ2v) is 5.52. The van der Waals surface area contributed by atoms with Crippen molar-refractivity contribution in [2.24, 2.45) is 0 Å². The first-order valence-corrected chi connectivity index (χ1v) is 7.85. The van der Waals surface area contributed by atoms with Crippen LogP contribution in [0.5, 0.6) is 11.5 Å². The summed E-state index contributed by atoms with van der Waals surface area (Å²) in [5, 5.41) is 3.01. The molecule has 5 nitrogen and oxygen atoms in total. The van der Waals surface area contributed by atoms with Gasteiger partial charge < -0.3 is 19.7 Å². The van der Waals surface area contributed by atoms with Gasteiger partial charge in [0, 0.05) is 13.6 Å². The molecule has 0 aliphatic heterocycles. The molecular formula is C18H20N2O3S. The molecule has 0 aromatic heterocycles. The van der Waals surface area contributed by atoms with Gasteiger partial charge >= 0.3 is 0 Å². The fourth-order valence-corrected chi connectivity index (χ4v) is 2.24. The van der Waals surface area contributed by atoms with Crippen molar-refractivity contribution in [3.8, 4) is 11.5 Å². The molecule has 0 heterocycles. The maximum Gasteiger partial charge on any atom is 0.264 e.